The summed E-state index contributed by atoms with van der Waals surface area (Å²) in [6.07, 6.45) is 0.112. The van der Waals surface area contributed by atoms with Gasteiger partial charge in [0.05, 0.1) is 11.8 Å². The molecule has 1 aliphatic carbocycles. The lowest BCUT2D eigenvalue weighted by Gasteiger charge is -2.19. The lowest BCUT2D eigenvalue weighted by molar-refractivity contribution is -0.117. The van der Waals surface area contributed by atoms with Crippen LogP contribution >= 0.6 is 0 Å². The van der Waals surface area contributed by atoms with E-state index >= 15 is 0 Å². The highest BCUT2D eigenvalue weighted by Crippen LogP contribution is 2.55. The topological polar surface area (TPSA) is 55.4 Å². The van der Waals surface area contributed by atoms with E-state index in [-0.39, 0.29) is 6.54 Å². The molecule has 0 aromatic rings. The minimum absolute atomic E-state index is 0.286. The number of hydrogen-bond acceptors (Lipinski definition) is 3. The van der Waals surface area contributed by atoms with Crippen LogP contribution in [0.5, 0.6) is 0 Å². The first-order chi connectivity index (χ1) is 8.09. The predicted octanol–water partition coefficient (Wildman–Crippen LogP) is 2.15. The molecular formula is C12H17F2NO3. The van der Waals surface area contributed by atoms with Gasteiger partial charge >= 0.3 is 6.09 Å². The van der Waals surface area contributed by atoms with Crippen LogP contribution in [0.15, 0.2) is 12.7 Å². The fraction of sp³-hybridized carbons (Fsp3) is 0.667. The van der Waals surface area contributed by atoms with Crippen LogP contribution in [0.4, 0.5) is 13.6 Å². The van der Waals surface area contributed by atoms with Crippen LogP contribution in [-0.4, -0.2) is 29.9 Å². The predicted molar refractivity (Wildman–Crippen MR) is 61.4 cm³/mol. The molecule has 0 aromatic heterocycles. The standard InChI is InChI=1S/C12H17F2NO3/c1-5-8(16)9-7(12(9,13)14)6-15-10(17)18-11(2,3)4/h5,7,9H,1,6H2,2-4H3,(H,15,17). The molecule has 1 N–H and O–H groups in total. The van der Waals surface area contributed by atoms with Crippen LogP contribution in [-0.2, 0) is 9.53 Å². The zero-order valence-electron chi connectivity index (χ0n) is 10.6. The lowest BCUT2D eigenvalue weighted by Crippen LogP contribution is -2.34. The first kappa shape index (κ1) is 14.6. The van der Waals surface area contributed by atoms with Gasteiger partial charge < -0.3 is 10.1 Å². The monoisotopic (exact) mass is 261 g/mol. The van der Waals surface area contributed by atoms with E-state index in [0.717, 1.165) is 6.08 Å². The number of ether oxygens (including phenoxy) is 1. The average Bonchev–Trinajstić information content (AvgIpc) is 2.74. The third-order valence-corrected chi connectivity index (χ3v) is 2.58. The lowest BCUT2D eigenvalue weighted by atomic mass is 10.2. The highest BCUT2D eigenvalue weighted by atomic mass is 19.3. The SMILES string of the molecule is C=CC(=O)C1C(CNC(=O)OC(C)(C)C)C1(F)F. The molecule has 2 unspecified atom stereocenters. The van der Waals surface area contributed by atoms with Crippen molar-refractivity contribution in [3.05, 3.63) is 12.7 Å². The van der Waals surface area contributed by atoms with Gasteiger partial charge in [-0.1, -0.05) is 6.58 Å². The summed E-state index contributed by atoms with van der Waals surface area (Å²) < 4.78 is 31.4. The number of halogens is 2. The van der Waals surface area contributed by atoms with Gasteiger partial charge in [-0.2, -0.15) is 0 Å². The van der Waals surface area contributed by atoms with Crippen molar-refractivity contribution < 1.29 is 23.1 Å². The fourth-order valence-corrected chi connectivity index (χ4v) is 1.67. The largest absolute Gasteiger partial charge is 0.444 e. The van der Waals surface area contributed by atoms with Gasteiger partial charge in [0.2, 0.25) is 0 Å². The molecule has 0 aromatic carbocycles. The van der Waals surface area contributed by atoms with Crippen molar-refractivity contribution >= 4 is 11.9 Å². The van der Waals surface area contributed by atoms with E-state index in [9.17, 15) is 18.4 Å². The third-order valence-electron chi connectivity index (χ3n) is 2.58. The zero-order chi connectivity index (χ0) is 14.1. The number of ketones is 1. The van der Waals surface area contributed by atoms with Crippen LogP contribution in [0, 0.1) is 11.8 Å². The van der Waals surface area contributed by atoms with Crippen LogP contribution in [0.3, 0.4) is 0 Å². The van der Waals surface area contributed by atoms with Crippen LogP contribution < -0.4 is 5.32 Å². The fourth-order valence-electron chi connectivity index (χ4n) is 1.67. The van der Waals surface area contributed by atoms with E-state index in [4.69, 9.17) is 4.74 Å². The summed E-state index contributed by atoms with van der Waals surface area (Å²) in [6, 6.07) is 0. The van der Waals surface area contributed by atoms with E-state index in [1.165, 1.54) is 0 Å². The molecule has 18 heavy (non-hydrogen) atoms. The van der Waals surface area contributed by atoms with E-state index < -0.39 is 35.2 Å². The normalized spacial score (nSPS) is 25.2. The molecule has 1 aliphatic rings. The van der Waals surface area contributed by atoms with E-state index in [1.807, 2.05) is 0 Å². The van der Waals surface area contributed by atoms with Crippen molar-refractivity contribution in [2.75, 3.05) is 6.54 Å². The summed E-state index contributed by atoms with van der Waals surface area (Å²) in [5, 5.41) is 2.24. The molecular weight excluding hydrogens is 244 g/mol. The number of carbonyl (C=O) groups excluding carboxylic acids is 2. The van der Waals surface area contributed by atoms with E-state index in [1.54, 1.807) is 20.8 Å². The Labute approximate surface area is 104 Å². The Morgan fingerprint density at radius 1 is 1.44 bits per heavy atom. The van der Waals surface area contributed by atoms with E-state index in [0.29, 0.717) is 0 Å². The molecule has 0 saturated heterocycles. The molecule has 1 fully saturated rings. The second-order valence-corrected chi connectivity index (χ2v) is 5.25. The molecule has 1 rings (SSSR count). The highest BCUT2D eigenvalue weighted by molar-refractivity contribution is 5.94. The summed E-state index contributed by atoms with van der Waals surface area (Å²) in [4.78, 5) is 22.4. The summed E-state index contributed by atoms with van der Waals surface area (Å²) in [5.41, 5.74) is -0.688. The smallest absolute Gasteiger partial charge is 0.407 e. The number of amides is 1. The van der Waals surface area contributed by atoms with Crippen molar-refractivity contribution in [2.24, 2.45) is 11.8 Å². The molecule has 1 saturated carbocycles. The summed E-state index contributed by atoms with van der Waals surface area (Å²) in [5.74, 6) is -6.31. The molecule has 0 radical (unpaired) electrons. The molecule has 102 valence electrons. The molecule has 0 aliphatic heterocycles. The highest BCUT2D eigenvalue weighted by Gasteiger charge is 2.70. The molecule has 4 nitrogen and oxygen atoms in total. The Kier molecular flexibility index (Phi) is 3.78. The van der Waals surface area contributed by atoms with Crippen LogP contribution in [0.25, 0.3) is 0 Å². The first-order valence-corrected chi connectivity index (χ1v) is 5.60. The first-order valence-electron chi connectivity index (χ1n) is 5.60. The Bertz CT molecular complexity index is 374. The number of alkyl halides is 2. The Balaban J connectivity index is 2.44. The molecule has 0 bridgehead atoms. The molecule has 0 heterocycles. The third kappa shape index (κ3) is 3.27. The Hall–Kier alpha value is -1.46. The summed E-state index contributed by atoms with van der Waals surface area (Å²) in [6.45, 7) is 7.89. The molecule has 0 spiro atoms. The number of carbonyl (C=O) groups is 2. The number of rotatable bonds is 4. The van der Waals surface area contributed by atoms with Crippen molar-refractivity contribution in [2.45, 2.75) is 32.3 Å². The maximum Gasteiger partial charge on any atom is 0.407 e. The van der Waals surface area contributed by atoms with Crippen molar-refractivity contribution in [3.63, 3.8) is 0 Å². The quantitative estimate of drug-likeness (QED) is 0.789. The van der Waals surface area contributed by atoms with Gasteiger partial charge in [-0.15, -0.1) is 0 Å². The van der Waals surface area contributed by atoms with Gasteiger partial charge in [-0.05, 0) is 26.8 Å². The van der Waals surface area contributed by atoms with E-state index in [2.05, 4.69) is 11.9 Å². The number of hydrogen-bond donors (Lipinski definition) is 1. The minimum Gasteiger partial charge on any atom is -0.444 e. The maximum atomic E-state index is 13.2. The summed E-state index contributed by atoms with van der Waals surface area (Å²) in [7, 11) is 0. The van der Waals surface area contributed by atoms with Gasteiger partial charge in [0.15, 0.2) is 5.78 Å². The van der Waals surface area contributed by atoms with Gasteiger partial charge in [-0.3, -0.25) is 4.79 Å². The summed E-state index contributed by atoms with van der Waals surface area (Å²) >= 11 is 0. The van der Waals surface area contributed by atoms with Gasteiger partial charge in [0.1, 0.15) is 5.60 Å². The second-order valence-electron chi connectivity index (χ2n) is 5.25. The van der Waals surface area contributed by atoms with Crippen molar-refractivity contribution in [3.8, 4) is 0 Å². The van der Waals surface area contributed by atoms with Crippen LogP contribution in [0.1, 0.15) is 20.8 Å². The Morgan fingerprint density at radius 3 is 2.44 bits per heavy atom. The van der Waals surface area contributed by atoms with Gasteiger partial charge in [0, 0.05) is 6.54 Å². The maximum absolute atomic E-state index is 13.2. The Morgan fingerprint density at radius 2 is 2.00 bits per heavy atom. The molecule has 6 heteroatoms. The van der Waals surface area contributed by atoms with Crippen molar-refractivity contribution in [1.82, 2.24) is 5.32 Å². The minimum atomic E-state index is -3.07. The van der Waals surface area contributed by atoms with Crippen molar-refractivity contribution in [1.29, 1.82) is 0 Å². The van der Waals surface area contributed by atoms with Crippen LogP contribution in [0.2, 0.25) is 0 Å². The number of nitrogens with one attached hydrogen (secondary N) is 1. The number of alkyl carbamates (subject to hydrolysis) is 1. The van der Waals surface area contributed by atoms with Gasteiger partial charge in [0.25, 0.3) is 5.92 Å². The average molecular weight is 261 g/mol. The zero-order valence-corrected chi connectivity index (χ0v) is 10.6. The second kappa shape index (κ2) is 4.66. The molecule has 1 amide bonds. The molecule has 2 atom stereocenters. The number of allylic oxidation sites excluding steroid dienone is 1. The van der Waals surface area contributed by atoms with Gasteiger partial charge in [-0.25, -0.2) is 13.6 Å².